The Kier molecular flexibility index (Phi) is 14.1. The van der Waals surface area contributed by atoms with E-state index in [1.165, 1.54) is 33.2 Å². The lowest BCUT2D eigenvalue weighted by Crippen LogP contribution is -2.52. The van der Waals surface area contributed by atoms with Crippen LogP contribution in [-0.2, 0) is 51.2 Å². The summed E-state index contributed by atoms with van der Waals surface area (Å²) in [5, 5.41) is 12.8. The van der Waals surface area contributed by atoms with E-state index < -0.39 is 77.4 Å². The molecule has 49 heavy (non-hydrogen) atoms. The Bertz CT molecular complexity index is 1580. The van der Waals surface area contributed by atoms with E-state index in [9.17, 15) is 29.1 Å². The molecule has 13 heteroatoms. The first-order valence-electron chi connectivity index (χ1n) is 15.7. The minimum Gasteiger partial charge on any atom is -0.503 e. The highest BCUT2D eigenvalue weighted by Gasteiger charge is 2.41. The molecule has 1 heterocycles. The molecule has 3 rings (SSSR count). The molecule has 0 fully saturated rings. The fourth-order valence-corrected chi connectivity index (χ4v) is 4.81. The second-order valence-electron chi connectivity index (χ2n) is 11.6. The summed E-state index contributed by atoms with van der Waals surface area (Å²) in [6.45, 7) is 7.09. The molecule has 0 aliphatic carbocycles. The largest absolute Gasteiger partial charge is 0.503 e. The average Bonchev–Trinajstić information content (AvgIpc) is 3.07. The second-order valence-corrected chi connectivity index (χ2v) is 11.6. The molecular formula is C36H42N2O11. The van der Waals surface area contributed by atoms with E-state index in [1.54, 1.807) is 62.4 Å². The molecule has 5 atom stereocenters. The Morgan fingerprint density at radius 2 is 1.39 bits per heavy atom. The van der Waals surface area contributed by atoms with Crippen molar-refractivity contribution in [3.8, 4) is 11.5 Å². The number of methoxy groups -OCH3 is 1. The van der Waals surface area contributed by atoms with Crippen LogP contribution < -0.4 is 10.1 Å². The molecule has 2 aromatic carbocycles. The smallest absolute Gasteiger partial charge is 0.332 e. The number of aromatic hydroxyl groups is 1. The summed E-state index contributed by atoms with van der Waals surface area (Å²) in [4.78, 5) is 69.4. The van der Waals surface area contributed by atoms with E-state index >= 15 is 0 Å². The van der Waals surface area contributed by atoms with Crippen molar-refractivity contribution in [1.29, 1.82) is 0 Å². The monoisotopic (exact) mass is 678 g/mol. The first kappa shape index (κ1) is 38.0. The van der Waals surface area contributed by atoms with E-state index in [1.807, 2.05) is 12.1 Å². The van der Waals surface area contributed by atoms with Gasteiger partial charge in [-0.25, -0.2) is 9.78 Å². The van der Waals surface area contributed by atoms with Gasteiger partial charge in [-0.3, -0.25) is 19.2 Å². The molecule has 0 radical (unpaired) electrons. The first-order valence-corrected chi connectivity index (χ1v) is 15.7. The van der Waals surface area contributed by atoms with Crippen molar-refractivity contribution in [2.45, 2.75) is 72.0 Å². The molecule has 5 unspecified atom stereocenters. The number of esters is 4. The first-order chi connectivity index (χ1) is 23.3. The van der Waals surface area contributed by atoms with Crippen molar-refractivity contribution in [3.05, 3.63) is 89.7 Å². The van der Waals surface area contributed by atoms with Crippen molar-refractivity contribution < 1.29 is 52.8 Å². The number of hydrogen-bond donors (Lipinski definition) is 2. The van der Waals surface area contributed by atoms with Gasteiger partial charge in [-0.1, -0.05) is 74.5 Å². The number of rotatable bonds is 16. The summed E-state index contributed by atoms with van der Waals surface area (Å²) in [5.74, 6) is -6.54. The summed E-state index contributed by atoms with van der Waals surface area (Å²) < 4.78 is 27.5. The van der Waals surface area contributed by atoms with Gasteiger partial charge in [0.05, 0.1) is 13.0 Å². The van der Waals surface area contributed by atoms with E-state index in [-0.39, 0.29) is 18.8 Å². The van der Waals surface area contributed by atoms with Crippen molar-refractivity contribution in [2.24, 2.45) is 11.8 Å². The zero-order chi connectivity index (χ0) is 36.1. The third kappa shape index (κ3) is 11.1. The number of carbonyl (C=O) groups is 5. The predicted octanol–water partition coefficient (Wildman–Crippen LogP) is 3.95. The molecule has 13 nitrogen and oxygen atoms in total. The molecule has 1 amide bonds. The van der Waals surface area contributed by atoms with Gasteiger partial charge in [-0.05, 0) is 31.4 Å². The average molecular weight is 679 g/mol. The van der Waals surface area contributed by atoms with Crippen molar-refractivity contribution >= 4 is 29.8 Å². The second kappa shape index (κ2) is 18.2. The number of nitrogens with one attached hydrogen (secondary N) is 1. The maximum atomic E-state index is 13.7. The maximum Gasteiger partial charge on any atom is 0.332 e. The molecule has 0 saturated heterocycles. The van der Waals surface area contributed by atoms with Crippen LogP contribution in [-0.4, -0.2) is 71.3 Å². The van der Waals surface area contributed by atoms with Gasteiger partial charge >= 0.3 is 23.9 Å². The Labute approximate surface area is 284 Å². The van der Waals surface area contributed by atoms with Crippen LogP contribution >= 0.6 is 0 Å². The molecular weight excluding hydrogens is 636 g/mol. The van der Waals surface area contributed by atoms with Crippen LogP contribution in [0, 0.1) is 11.8 Å². The van der Waals surface area contributed by atoms with Crippen LogP contribution in [0.2, 0.25) is 0 Å². The Hall–Kier alpha value is -5.46. The fourth-order valence-electron chi connectivity index (χ4n) is 4.81. The van der Waals surface area contributed by atoms with E-state index in [0.29, 0.717) is 0 Å². The molecule has 0 bridgehead atoms. The van der Waals surface area contributed by atoms with Gasteiger partial charge < -0.3 is 34.1 Å². The van der Waals surface area contributed by atoms with Gasteiger partial charge in [0.15, 0.2) is 29.3 Å². The number of hydrogen-bond acceptors (Lipinski definition) is 12. The van der Waals surface area contributed by atoms with E-state index in [0.717, 1.165) is 18.1 Å². The third-order valence-corrected chi connectivity index (χ3v) is 7.39. The van der Waals surface area contributed by atoms with Gasteiger partial charge in [-0.15, -0.1) is 0 Å². The number of benzene rings is 2. The summed E-state index contributed by atoms with van der Waals surface area (Å²) in [5.41, 5.74) is 1.000. The zero-order valence-corrected chi connectivity index (χ0v) is 28.3. The molecule has 0 saturated carbocycles. The summed E-state index contributed by atoms with van der Waals surface area (Å²) >= 11 is 0. The van der Waals surface area contributed by atoms with Gasteiger partial charge in [0.1, 0.15) is 24.7 Å². The molecule has 2 N–H and O–H groups in total. The highest BCUT2D eigenvalue weighted by Crippen LogP contribution is 2.28. The normalized spacial score (nSPS) is 13.9. The maximum absolute atomic E-state index is 13.7. The number of pyridine rings is 1. The van der Waals surface area contributed by atoms with Gasteiger partial charge in [-0.2, -0.15) is 0 Å². The number of aromatic nitrogens is 1. The number of nitrogens with zero attached hydrogens (tertiary/aromatic N) is 1. The Balaban J connectivity index is 1.95. The van der Waals surface area contributed by atoms with Crippen molar-refractivity contribution in [3.63, 3.8) is 0 Å². The minimum atomic E-state index is -1.62. The predicted molar refractivity (Wildman–Crippen MR) is 175 cm³/mol. The van der Waals surface area contributed by atoms with Crippen molar-refractivity contribution in [2.75, 3.05) is 7.11 Å². The van der Waals surface area contributed by atoms with Crippen LogP contribution in [0.5, 0.6) is 11.5 Å². The SMILES string of the molecule is COc1ccnc(C(=O)NC(C(=O)OC(C)C(OC(=O)C(C)C)C(Cc2ccccc2)C(=O)OCc2ccccc2)C(C)OC(C)=O)c1O. The lowest BCUT2D eigenvalue weighted by atomic mass is 9.90. The molecule has 0 spiro atoms. The molecule has 0 aliphatic rings. The molecule has 262 valence electrons. The lowest BCUT2D eigenvalue weighted by Gasteiger charge is -2.32. The van der Waals surface area contributed by atoms with E-state index in [2.05, 4.69) is 10.3 Å². The highest BCUT2D eigenvalue weighted by atomic mass is 16.6. The molecule has 1 aromatic heterocycles. The fraction of sp³-hybridized carbons (Fsp3) is 0.389. The quantitative estimate of drug-likeness (QED) is 0.165. The van der Waals surface area contributed by atoms with Crippen LogP contribution in [0.15, 0.2) is 72.9 Å². The van der Waals surface area contributed by atoms with Crippen LogP contribution in [0.1, 0.15) is 56.2 Å². The number of carbonyl (C=O) groups excluding carboxylic acids is 5. The third-order valence-electron chi connectivity index (χ3n) is 7.39. The molecule has 3 aromatic rings. The topological polar surface area (TPSA) is 177 Å². The van der Waals surface area contributed by atoms with Gasteiger partial charge in [0, 0.05) is 19.2 Å². The Morgan fingerprint density at radius 1 is 0.776 bits per heavy atom. The highest BCUT2D eigenvalue weighted by molar-refractivity contribution is 5.98. The standard InChI is InChI=1S/C36H42N2O11/c1-21(2)34(42)49-32(27(19-25-13-9-7-10-14-25)35(43)46-20-26-15-11-8-12-16-26)23(4)48-36(44)29(22(3)47-24(5)39)38-33(41)30-31(40)28(45-6)17-18-37-30/h7-18,21-23,27,29,32,40H,19-20H2,1-6H3,(H,38,41). The van der Waals surface area contributed by atoms with Gasteiger partial charge in [0.25, 0.3) is 5.91 Å². The summed E-state index contributed by atoms with van der Waals surface area (Å²) in [7, 11) is 1.28. The van der Waals surface area contributed by atoms with Crippen molar-refractivity contribution in [1.82, 2.24) is 10.3 Å². The zero-order valence-electron chi connectivity index (χ0n) is 28.3. The summed E-state index contributed by atoms with van der Waals surface area (Å²) in [6.07, 6.45) is -2.60. The van der Waals surface area contributed by atoms with Gasteiger partial charge in [0.2, 0.25) is 0 Å². The number of amides is 1. The van der Waals surface area contributed by atoms with Crippen LogP contribution in [0.4, 0.5) is 0 Å². The number of ether oxygens (including phenoxy) is 5. The Morgan fingerprint density at radius 3 is 1.96 bits per heavy atom. The van der Waals surface area contributed by atoms with Crippen LogP contribution in [0.3, 0.4) is 0 Å². The van der Waals surface area contributed by atoms with Crippen LogP contribution in [0.25, 0.3) is 0 Å². The summed E-state index contributed by atoms with van der Waals surface area (Å²) in [6, 6.07) is 17.7. The molecule has 0 aliphatic heterocycles. The lowest BCUT2D eigenvalue weighted by molar-refractivity contribution is -0.183. The minimum absolute atomic E-state index is 0.0423. The van der Waals surface area contributed by atoms with E-state index in [4.69, 9.17) is 23.7 Å².